The van der Waals surface area contributed by atoms with Gasteiger partial charge in [-0.25, -0.2) is 4.79 Å². The fraction of sp³-hybridized carbons (Fsp3) is 0.636. The first-order valence-corrected chi connectivity index (χ1v) is 10.8. The number of morpholine rings is 1. The van der Waals surface area contributed by atoms with Gasteiger partial charge < -0.3 is 14.7 Å². The molecule has 1 saturated carbocycles. The van der Waals surface area contributed by atoms with Gasteiger partial charge in [0.25, 0.3) is 0 Å². The van der Waals surface area contributed by atoms with Gasteiger partial charge in [-0.05, 0) is 51.2 Å². The molecule has 0 radical (unpaired) electrons. The van der Waals surface area contributed by atoms with Crippen molar-refractivity contribution in [3.63, 3.8) is 0 Å². The highest BCUT2D eigenvalue weighted by molar-refractivity contribution is 7.14. The average molecular weight is 404 g/mol. The molecule has 1 aliphatic carbocycles. The summed E-state index contributed by atoms with van der Waals surface area (Å²) in [6.07, 6.45) is 5.84. The Balaban J connectivity index is 1.86. The maximum atomic E-state index is 12.6. The molecule has 5 nitrogen and oxygen atoms in total. The number of hydrogen-bond donors (Lipinski definition) is 1. The van der Waals surface area contributed by atoms with Crippen molar-refractivity contribution in [2.45, 2.75) is 65.5 Å². The summed E-state index contributed by atoms with van der Waals surface area (Å²) in [6, 6.07) is 1.88. The Bertz CT molecular complexity index is 790. The van der Waals surface area contributed by atoms with E-state index in [4.69, 9.17) is 4.74 Å². The summed E-state index contributed by atoms with van der Waals surface area (Å²) >= 11 is 1.19. The van der Waals surface area contributed by atoms with Crippen LogP contribution in [0.25, 0.3) is 0 Å². The lowest BCUT2D eigenvalue weighted by molar-refractivity contribution is -0.152. The summed E-state index contributed by atoms with van der Waals surface area (Å²) in [5, 5.41) is 9.65. The minimum atomic E-state index is -0.960. The lowest BCUT2D eigenvalue weighted by Crippen LogP contribution is -2.52. The van der Waals surface area contributed by atoms with E-state index in [1.54, 1.807) is 0 Å². The molecule has 2 fully saturated rings. The molecular weight excluding hydrogens is 374 g/mol. The molecule has 1 N–H and O–H groups in total. The molecule has 1 aliphatic heterocycles. The molecule has 2 aliphatic rings. The number of carboxylic acid groups (broad SMARTS) is 1. The number of carbonyl (C=O) groups is 2. The van der Waals surface area contributed by atoms with Gasteiger partial charge in [0.15, 0.2) is 0 Å². The number of nitrogens with zero attached hydrogens (tertiary/aromatic N) is 1. The Hall–Kier alpha value is -1.84. The van der Waals surface area contributed by atoms with Crippen LogP contribution in [0.4, 0.5) is 0 Å². The van der Waals surface area contributed by atoms with Gasteiger partial charge in [0, 0.05) is 12.0 Å². The zero-order chi connectivity index (χ0) is 20.3. The third-order valence-electron chi connectivity index (χ3n) is 5.33. The summed E-state index contributed by atoms with van der Waals surface area (Å²) < 4.78 is 5.55. The lowest BCUT2D eigenvalue weighted by Gasteiger charge is -2.41. The molecule has 1 aromatic rings. The fourth-order valence-electron chi connectivity index (χ4n) is 3.96. The number of rotatable bonds is 4. The monoisotopic (exact) mass is 403 g/mol. The number of ether oxygens (including phenoxy) is 1. The minimum absolute atomic E-state index is 0.0344. The van der Waals surface area contributed by atoms with E-state index in [2.05, 4.69) is 11.8 Å². The molecular formula is C22H29NO4S. The van der Waals surface area contributed by atoms with Crippen molar-refractivity contribution in [1.29, 1.82) is 0 Å². The first-order chi connectivity index (χ1) is 13.2. The van der Waals surface area contributed by atoms with Crippen LogP contribution in [0.3, 0.4) is 0 Å². The van der Waals surface area contributed by atoms with Crippen LogP contribution in [-0.4, -0.2) is 41.1 Å². The number of aromatic carboxylic acids is 1. The highest BCUT2D eigenvalue weighted by atomic mass is 32.1. The molecule has 1 aromatic heterocycles. The van der Waals surface area contributed by atoms with Crippen LogP contribution in [0.1, 0.15) is 73.0 Å². The minimum Gasteiger partial charge on any atom is -0.477 e. The quantitative estimate of drug-likeness (QED) is 0.767. The van der Waals surface area contributed by atoms with Gasteiger partial charge in [-0.2, -0.15) is 0 Å². The smallest absolute Gasteiger partial charge is 0.346 e. The highest BCUT2D eigenvalue weighted by Crippen LogP contribution is 2.33. The van der Waals surface area contributed by atoms with Gasteiger partial charge in [-0.3, -0.25) is 4.79 Å². The molecule has 1 atom stereocenters. The van der Waals surface area contributed by atoms with Gasteiger partial charge in [-0.15, -0.1) is 11.3 Å². The Morgan fingerprint density at radius 1 is 1.32 bits per heavy atom. The van der Waals surface area contributed by atoms with E-state index in [0.29, 0.717) is 24.6 Å². The molecule has 0 spiro atoms. The van der Waals surface area contributed by atoms with E-state index in [-0.39, 0.29) is 28.8 Å². The molecule has 152 valence electrons. The number of hydrogen-bond acceptors (Lipinski definition) is 4. The van der Waals surface area contributed by atoms with Crippen molar-refractivity contribution in [2.24, 2.45) is 11.3 Å². The van der Waals surface area contributed by atoms with Crippen LogP contribution in [0.2, 0.25) is 0 Å². The molecule has 1 saturated heterocycles. The average Bonchev–Trinajstić information content (AvgIpc) is 3.05. The second kappa shape index (κ2) is 8.67. The van der Waals surface area contributed by atoms with Crippen LogP contribution < -0.4 is 0 Å². The maximum Gasteiger partial charge on any atom is 0.346 e. The van der Waals surface area contributed by atoms with E-state index in [0.717, 1.165) is 17.7 Å². The third-order valence-corrected chi connectivity index (χ3v) is 6.41. The van der Waals surface area contributed by atoms with Crippen molar-refractivity contribution in [3.05, 3.63) is 21.4 Å². The summed E-state index contributed by atoms with van der Waals surface area (Å²) in [6.45, 7) is 7.00. The first kappa shape index (κ1) is 20.9. The van der Waals surface area contributed by atoms with Crippen molar-refractivity contribution in [2.75, 3.05) is 13.2 Å². The molecule has 3 rings (SSSR count). The van der Waals surface area contributed by atoms with E-state index >= 15 is 0 Å². The SMILES string of the molecule is CC(C)(C)C#Cc1cc(CN2C(=O)COC[C@H]2C2CCCCC2)c(C(=O)O)s1. The summed E-state index contributed by atoms with van der Waals surface area (Å²) in [5.74, 6) is 5.68. The molecule has 0 aromatic carbocycles. The van der Waals surface area contributed by atoms with Crippen LogP contribution >= 0.6 is 11.3 Å². The molecule has 28 heavy (non-hydrogen) atoms. The molecule has 2 heterocycles. The number of carboxylic acids is 1. The Labute approximate surface area is 171 Å². The second-order valence-corrected chi connectivity index (χ2v) is 9.82. The molecule has 1 amide bonds. The standard InChI is InChI=1S/C22H29NO4S/c1-22(2,3)10-9-17-11-16(20(28-17)21(25)26)12-23-18(13-27-14-19(23)24)15-7-5-4-6-8-15/h11,15,18H,4-8,12-14H2,1-3H3,(H,25,26)/t18-/m0/s1. The Morgan fingerprint density at radius 2 is 2.04 bits per heavy atom. The van der Waals surface area contributed by atoms with Crippen molar-refractivity contribution in [3.8, 4) is 11.8 Å². The van der Waals surface area contributed by atoms with E-state index in [1.165, 1.54) is 30.6 Å². The zero-order valence-electron chi connectivity index (χ0n) is 16.9. The van der Waals surface area contributed by atoms with E-state index < -0.39 is 5.97 Å². The predicted octanol–water partition coefficient (Wildman–Crippen LogP) is 4.15. The van der Waals surface area contributed by atoms with Crippen LogP contribution in [0.5, 0.6) is 0 Å². The van der Waals surface area contributed by atoms with E-state index in [9.17, 15) is 14.7 Å². The predicted molar refractivity (Wildman–Crippen MR) is 109 cm³/mol. The Kier molecular flexibility index (Phi) is 6.47. The van der Waals surface area contributed by atoms with Gasteiger partial charge >= 0.3 is 5.97 Å². The number of amides is 1. The van der Waals surface area contributed by atoms with Crippen molar-refractivity contribution >= 4 is 23.2 Å². The largest absolute Gasteiger partial charge is 0.477 e. The maximum absolute atomic E-state index is 12.6. The van der Waals surface area contributed by atoms with Gasteiger partial charge in [0.1, 0.15) is 11.5 Å². The summed E-state index contributed by atoms with van der Waals surface area (Å²) in [7, 11) is 0. The van der Waals surface area contributed by atoms with E-state index in [1.807, 2.05) is 31.7 Å². The third kappa shape index (κ3) is 5.15. The molecule has 0 bridgehead atoms. The first-order valence-electron chi connectivity index (χ1n) is 10.0. The zero-order valence-corrected chi connectivity index (χ0v) is 17.7. The van der Waals surface area contributed by atoms with Crippen LogP contribution in [0.15, 0.2) is 6.07 Å². The normalized spacial score (nSPS) is 21.3. The fourth-order valence-corrected chi connectivity index (χ4v) is 4.83. The summed E-state index contributed by atoms with van der Waals surface area (Å²) in [5.41, 5.74) is 0.520. The molecule has 6 heteroatoms. The second-order valence-electron chi connectivity index (χ2n) is 8.77. The van der Waals surface area contributed by atoms with Gasteiger partial charge in [-0.1, -0.05) is 31.1 Å². The van der Waals surface area contributed by atoms with Crippen LogP contribution in [0, 0.1) is 23.2 Å². The molecule has 0 unspecified atom stereocenters. The topological polar surface area (TPSA) is 66.8 Å². The van der Waals surface area contributed by atoms with Crippen molar-refractivity contribution in [1.82, 2.24) is 4.90 Å². The Morgan fingerprint density at radius 3 is 2.68 bits per heavy atom. The number of carbonyl (C=O) groups excluding carboxylic acids is 1. The highest BCUT2D eigenvalue weighted by Gasteiger charge is 2.36. The van der Waals surface area contributed by atoms with Gasteiger partial charge in [0.2, 0.25) is 5.91 Å². The lowest BCUT2D eigenvalue weighted by atomic mass is 9.83. The summed E-state index contributed by atoms with van der Waals surface area (Å²) in [4.78, 5) is 27.3. The van der Waals surface area contributed by atoms with Crippen LogP contribution in [-0.2, 0) is 16.1 Å². The van der Waals surface area contributed by atoms with Gasteiger partial charge in [0.05, 0.1) is 17.5 Å². The van der Waals surface area contributed by atoms with Crippen molar-refractivity contribution < 1.29 is 19.4 Å². The number of thiophene rings is 1.